The van der Waals surface area contributed by atoms with Gasteiger partial charge in [0, 0.05) is 19.8 Å². The molecule has 0 aliphatic carbocycles. The van der Waals surface area contributed by atoms with E-state index in [4.69, 9.17) is 0 Å². The molecule has 2 rings (SSSR count). The van der Waals surface area contributed by atoms with Crippen LogP contribution in [0.1, 0.15) is 37.9 Å². The summed E-state index contributed by atoms with van der Waals surface area (Å²) >= 11 is 0. The third-order valence-corrected chi connectivity index (χ3v) is 3.66. The van der Waals surface area contributed by atoms with Crippen LogP contribution in [0.4, 0.5) is 4.79 Å². The molecule has 1 aromatic rings. The second-order valence-electron chi connectivity index (χ2n) is 5.31. The zero-order valence-corrected chi connectivity index (χ0v) is 12.5. The largest absolute Gasteiger partial charge is 0.344 e. The fraction of sp³-hybridized carbons (Fsp3) is 0.533. The Kier molecular flexibility index (Phi) is 5.14. The van der Waals surface area contributed by atoms with Gasteiger partial charge in [-0.25, -0.2) is 4.79 Å². The molecule has 21 heavy (non-hydrogen) atoms. The lowest BCUT2D eigenvalue weighted by Gasteiger charge is -2.19. The highest BCUT2D eigenvalue weighted by Crippen LogP contribution is 2.16. The minimum Gasteiger partial charge on any atom is -0.344 e. The first-order valence-corrected chi connectivity index (χ1v) is 7.34. The van der Waals surface area contributed by atoms with Gasteiger partial charge in [-0.15, -0.1) is 0 Å². The summed E-state index contributed by atoms with van der Waals surface area (Å²) in [6.07, 6.45) is 4.12. The van der Waals surface area contributed by atoms with Gasteiger partial charge in [-0.1, -0.05) is 19.4 Å². The zero-order valence-electron chi connectivity index (χ0n) is 12.5. The molecule has 0 radical (unpaired) electrons. The quantitative estimate of drug-likeness (QED) is 0.862. The van der Waals surface area contributed by atoms with E-state index in [1.165, 1.54) is 0 Å². The van der Waals surface area contributed by atoms with E-state index >= 15 is 0 Å². The average Bonchev–Trinajstić information content (AvgIpc) is 2.80. The highest BCUT2D eigenvalue weighted by atomic mass is 16.2. The number of urea groups is 1. The van der Waals surface area contributed by atoms with Gasteiger partial charge in [0.2, 0.25) is 5.91 Å². The standard InChI is InChI=1S/C15H22N4O2/c1-3-6-12(11-7-4-5-9-16-11)17-15(21)18-13-8-10-19(2)14(13)20/h4-5,7,9,12-13H,3,6,8,10H2,1-2H3,(H2,17,18,21)/t12-,13-/m0/s1. The summed E-state index contributed by atoms with van der Waals surface area (Å²) in [5.74, 6) is -0.0324. The van der Waals surface area contributed by atoms with Crippen LogP contribution in [-0.4, -0.2) is 41.5 Å². The van der Waals surface area contributed by atoms with Crippen molar-refractivity contribution < 1.29 is 9.59 Å². The van der Waals surface area contributed by atoms with E-state index in [2.05, 4.69) is 22.5 Å². The number of likely N-dealkylation sites (tertiary alicyclic amines) is 1. The zero-order chi connectivity index (χ0) is 15.2. The van der Waals surface area contributed by atoms with Crippen molar-refractivity contribution >= 4 is 11.9 Å². The van der Waals surface area contributed by atoms with Crippen LogP contribution < -0.4 is 10.6 Å². The maximum absolute atomic E-state index is 12.1. The van der Waals surface area contributed by atoms with Crippen molar-refractivity contribution in [3.05, 3.63) is 30.1 Å². The number of rotatable bonds is 5. The Morgan fingerprint density at radius 3 is 2.90 bits per heavy atom. The number of hydrogen-bond donors (Lipinski definition) is 2. The molecule has 0 saturated carbocycles. The SMILES string of the molecule is CCC[C@H](NC(=O)N[C@H]1CCN(C)C1=O)c1ccccn1. The lowest BCUT2D eigenvalue weighted by Crippen LogP contribution is -2.46. The van der Waals surface area contributed by atoms with Crippen LogP contribution >= 0.6 is 0 Å². The van der Waals surface area contributed by atoms with Crippen LogP contribution in [0.15, 0.2) is 24.4 Å². The summed E-state index contributed by atoms with van der Waals surface area (Å²) in [5, 5.41) is 5.66. The summed E-state index contributed by atoms with van der Waals surface area (Å²) in [7, 11) is 1.75. The Labute approximate surface area is 124 Å². The minimum atomic E-state index is -0.416. The Hall–Kier alpha value is -2.11. The van der Waals surface area contributed by atoms with Crippen LogP contribution in [0.25, 0.3) is 0 Å². The average molecular weight is 290 g/mol. The van der Waals surface area contributed by atoms with Crippen molar-refractivity contribution in [2.45, 2.75) is 38.3 Å². The van der Waals surface area contributed by atoms with Gasteiger partial charge in [-0.05, 0) is 25.0 Å². The summed E-state index contributed by atoms with van der Waals surface area (Å²) in [6, 6.07) is 4.79. The van der Waals surface area contributed by atoms with E-state index in [0.717, 1.165) is 18.5 Å². The van der Waals surface area contributed by atoms with Crippen LogP contribution in [0.3, 0.4) is 0 Å². The normalized spacial score (nSPS) is 19.4. The number of nitrogens with one attached hydrogen (secondary N) is 2. The number of aromatic nitrogens is 1. The van der Waals surface area contributed by atoms with E-state index in [1.54, 1.807) is 18.1 Å². The van der Waals surface area contributed by atoms with E-state index in [0.29, 0.717) is 13.0 Å². The summed E-state index contributed by atoms with van der Waals surface area (Å²) in [4.78, 5) is 29.8. The molecule has 2 atom stereocenters. The third-order valence-electron chi connectivity index (χ3n) is 3.66. The van der Waals surface area contributed by atoms with Crippen LogP contribution in [0, 0.1) is 0 Å². The first-order valence-electron chi connectivity index (χ1n) is 7.34. The van der Waals surface area contributed by atoms with Crippen molar-refractivity contribution in [1.29, 1.82) is 0 Å². The van der Waals surface area contributed by atoms with Crippen molar-refractivity contribution in [1.82, 2.24) is 20.5 Å². The number of amides is 3. The van der Waals surface area contributed by atoms with Gasteiger partial charge in [-0.2, -0.15) is 0 Å². The fourth-order valence-electron chi connectivity index (χ4n) is 2.48. The Morgan fingerprint density at radius 1 is 1.52 bits per heavy atom. The van der Waals surface area contributed by atoms with Gasteiger partial charge >= 0.3 is 6.03 Å². The van der Waals surface area contributed by atoms with Crippen molar-refractivity contribution in [3.8, 4) is 0 Å². The van der Waals surface area contributed by atoms with E-state index in [-0.39, 0.29) is 18.0 Å². The molecule has 1 saturated heterocycles. The van der Waals surface area contributed by atoms with E-state index in [9.17, 15) is 9.59 Å². The van der Waals surface area contributed by atoms with Crippen LogP contribution in [-0.2, 0) is 4.79 Å². The van der Waals surface area contributed by atoms with Crippen molar-refractivity contribution in [2.24, 2.45) is 0 Å². The van der Waals surface area contributed by atoms with Crippen LogP contribution in [0.2, 0.25) is 0 Å². The fourth-order valence-corrected chi connectivity index (χ4v) is 2.48. The second kappa shape index (κ2) is 7.06. The first-order chi connectivity index (χ1) is 10.1. The Balaban J connectivity index is 1.94. The predicted molar refractivity (Wildman–Crippen MR) is 79.6 cm³/mol. The molecule has 3 amide bonds. The number of carbonyl (C=O) groups is 2. The number of likely N-dealkylation sites (N-methyl/N-ethyl adjacent to an activating group) is 1. The Morgan fingerprint density at radius 2 is 2.33 bits per heavy atom. The highest BCUT2D eigenvalue weighted by molar-refractivity contribution is 5.88. The second-order valence-corrected chi connectivity index (χ2v) is 5.31. The van der Waals surface area contributed by atoms with Crippen LogP contribution in [0.5, 0.6) is 0 Å². The molecular formula is C15H22N4O2. The smallest absolute Gasteiger partial charge is 0.315 e. The number of pyridine rings is 1. The minimum absolute atomic E-state index is 0.0324. The number of hydrogen-bond acceptors (Lipinski definition) is 3. The predicted octanol–water partition coefficient (Wildman–Crippen LogP) is 1.45. The molecule has 1 aromatic heterocycles. The van der Waals surface area contributed by atoms with Crippen molar-refractivity contribution in [2.75, 3.05) is 13.6 Å². The summed E-state index contributed by atoms with van der Waals surface area (Å²) in [6.45, 7) is 2.74. The summed E-state index contributed by atoms with van der Waals surface area (Å²) in [5.41, 5.74) is 0.837. The molecule has 1 aliphatic heterocycles. The number of carbonyl (C=O) groups excluding carboxylic acids is 2. The lowest BCUT2D eigenvalue weighted by molar-refractivity contribution is -0.128. The van der Waals surface area contributed by atoms with E-state index in [1.807, 2.05) is 18.2 Å². The van der Waals surface area contributed by atoms with Gasteiger partial charge < -0.3 is 15.5 Å². The number of nitrogens with zero attached hydrogens (tertiary/aromatic N) is 2. The Bertz CT molecular complexity index is 492. The van der Waals surface area contributed by atoms with Gasteiger partial charge in [-0.3, -0.25) is 9.78 Å². The molecule has 6 heteroatoms. The topological polar surface area (TPSA) is 74.3 Å². The molecule has 2 heterocycles. The molecule has 0 spiro atoms. The highest BCUT2D eigenvalue weighted by Gasteiger charge is 2.30. The molecule has 114 valence electrons. The molecule has 1 aliphatic rings. The van der Waals surface area contributed by atoms with Gasteiger partial charge in [0.05, 0.1) is 11.7 Å². The molecule has 0 bridgehead atoms. The third kappa shape index (κ3) is 3.93. The van der Waals surface area contributed by atoms with Gasteiger partial charge in [0.25, 0.3) is 0 Å². The monoisotopic (exact) mass is 290 g/mol. The van der Waals surface area contributed by atoms with Gasteiger partial charge in [0.15, 0.2) is 0 Å². The molecule has 0 aromatic carbocycles. The molecule has 0 unspecified atom stereocenters. The molecule has 1 fully saturated rings. The van der Waals surface area contributed by atoms with Gasteiger partial charge in [0.1, 0.15) is 6.04 Å². The molecule has 6 nitrogen and oxygen atoms in total. The lowest BCUT2D eigenvalue weighted by atomic mass is 10.1. The molecule has 2 N–H and O–H groups in total. The first kappa shape index (κ1) is 15.3. The van der Waals surface area contributed by atoms with Crippen molar-refractivity contribution in [3.63, 3.8) is 0 Å². The summed E-state index contributed by atoms with van der Waals surface area (Å²) < 4.78 is 0. The maximum atomic E-state index is 12.1. The molecular weight excluding hydrogens is 268 g/mol. The maximum Gasteiger partial charge on any atom is 0.315 e. The van der Waals surface area contributed by atoms with E-state index < -0.39 is 6.04 Å².